The number of ether oxygens (including phenoxy) is 1. The van der Waals surface area contributed by atoms with Crippen molar-refractivity contribution in [2.24, 2.45) is 0 Å². The van der Waals surface area contributed by atoms with Crippen LogP contribution in [0.15, 0.2) is 65.4 Å². The molecule has 0 spiro atoms. The summed E-state index contributed by atoms with van der Waals surface area (Å²) in [6.45, 7) is 0.749. The number of aromatic nitrogens is 3. The minimum absolute atomic E-state index is 0.458. The van der Waals surface area contributed by atoms with Gasteiger partial charge in [0.2, 0.25) is 0 Å². The third-order valence-corrected chi connectivity index (χ3v) is 4.16. The Labute approximate surface area is 150 Å². The molecule has 2 heterocycles. The van der Waals surface area contributed by atoms with Gasteiger partial charge in [0.25, 0.3) is 5.71 Å². The average Bonchev–Trinajstić information content (AvgIpc) is 3.14. The number of rotatable bonds is 6. The second kappa shape index (κ2) is 7.23. The number of fused-ring (bicyclic) bond motifs is 1. The number of methoxy groups -OCH3 is 1. The van der Waals surface area contributed by atoms with E-state index in [9.17, 15) is 0 Å². The fourth-order valence-corrected chi connectivity index (χ4v) is 2.86. The third kappa shape index (κ3) is 3.21. The SMILES string of the molecule is COc1cccc(-c2noc3ncnc(NCCc4ccccc4)c23)c1. The molecule has 0 aliphatic carbocycles. The molecular formula is C20H18N4O2. The molecule has 130 valence electrons. The lowest BCUT2D eigenvalue weighted by Gasteiger charge is -2.07. The van der Waals surface area contributed by atoms with Gasteiger partial charge in [-0.25, -0.2) is 4.98 Å². The maximum atomic E-state index is 5.40. The van der Waals surface area contributed by atoms with Gasteiger partial charge < -0.3 is 14.6 Å². The van der Waals surface area contributed by atoms with Crippen LogP contribution in [0, 0.1) is 0 Å². The van der Waals surface area contributed by atoms with Gasteiger partial charge in [-0.2, -0.15) is 4.98 Å². The van der Waals surface area contributed by atoms with Crippen molar-refractivity contribution in [2.45, 2.75) is 6.42 Å². The van der Waals surface area contributed by atoms with E-state index >= 15 is 0 Å². The van der Waals surface area contributed by atoms with Crippen molar-refractivity contribution >= 4 is 16.9 Å². The first-order chi connectivity index (χ1) is 12.8. The maximum absolute atomic E-state index is 5.40. The zero-order valence-corrected chi connectivity index (χ0v) is 14.3. The Bertz CT molecular complexity index is 1010. The quantitative estimate of drug-likeness (QED) is 0.570. The summed E-state index contributed by atoms with van der Waals surface area (Å²) < 4.78 is 10.7. The highest BCUT2D eigenvalue weighted by atomic mass is 16.5. The van der Waals surface area contributed by atoms with Crippen LogP contribution >= 0.6 is 0 Å². The van der Waals surface area contributed by atoms with E-state index in [-0.39, 0.29) is 0 Å². The maximum Gasteiger partial charge on any atom is 0.263 e. The van der Waals surface area contributed by atoms with Crippen molar-refractivity contribution in [3.63, 3.8) is 0 Å². The van der Waals surface area contributed by atoms with Crippen LogP contribution in [0.4, 0.5) is 5.82 Å². The molecule has 0 unspecified atom stereocenters. The highest BCUT2D eigenvalue weighted by Crippen LogP contribution is 2.32. The summed E-state index contributed by atoms with van der Waals surface area (Å²) in [7, 11) is 1.64. The summed E-state index contributed by atoms with van der Waals surface area (Å²) in [5, 5.41) is 8.35. The van der Waals surface area contributed by atoms with Gasteiger partial charge in [-0.05, 0) is 24.1 Å². The van der Waals surface area contributed by atoms with E-state index in [4.69, 9.17) is 9.26 Å². The summed E-state index contributed by atoms with van der Waals surface area (Å²) in [5.74, 6) is 1.47. The Kier molecular flexibility index (Phi) is 4.47. The van der Waals surface area contributed by atoms with E-state index in [0.717, 1.165) is 29.7 Å². The van der Waals surface area contributed by atoms with Crippen LogP contribution in [0.25, 0.3) is 22.4 Å². The van der Waals surface area contributed by atoms with Crippen LogP contribution in [0.5, 0.6) is 5.75 Å². The molecule has 6 heteroatoms. The monoisotopic (exact) mass is 346 g/mol. The van der Waals surface area contributed by atoms with Gasteiger partial charge in [0.1, 0.15) is 29.0 Å². The molecule has 0 atom stereocenters. The van der Waals surface area contributed by atoms with Crippen molar-refractivity contribution in [1.82, 2.24) is 15.1 Å². The minimum Gasteiger partial charge on any atom is -0.497 e. The summed E-state index contributed by atoms with van der Waals surface area (Å²) >= 11 is 0. The lowest BCUT2D eigenvalue weighted by molar-refractivity contribution is 0.415. The highest BCUT2D eigenvalue weighted by molar-refractivity contribution is 5.97. The third-order valence-electron chi connectivity index (χ3n) is 4.16. The zero-order valence-electron chi connectivity index (χ0n) is 14.3. The van der Waals surface area contributed by atoms with Crippen LogP contribution < -0.4 is 10.1 Å². The molecule has 0 bridgehead atoms. The number of nitrogens with zero attached hydrogens (tertiary/aromatic N) is 3. The molecule has 2 aromatic carbocycles. The molecule has 4 aromatic rings. The molecule has 26 heavy (non-hydrogen) atoms. The second-order valence-electron chi connectivity index (χ2n) is 5.83. The van der Waals surface area contributed by atoms with Crippen LogP contribution in [0.1, 0.15) is 5.56 Å². The molecule has 1 N–H and O–H groups in total. The van der Waals surface area contributed by atoms with E-state index in [1.54, 1.807) is 7.11 Å². The van der Waals surface area contributed by atoms with Crippen molar-refractivity contribution < 1.29 is 9.26 Å². The zero-order chi connectivity index (χ0) is 17.8. The van der Waals surface area contributed by atoms with Crippen LogP contribution in [0.3, 0.4) is 0 Å². The number of anilines is 1. The van der Waals surface area contributed by atoms with E-state index in [0.29, 0.717) is 17.2 Å². The van der Waals surface area contributed by atoms with E-state index in [1.165, 1.54) is 11.9 Å². The molecule has 0 saturated carbocycles. The Morgan fingerprint density at radius 1 is 1.04 bits per heavy atom. The number of nitrogens with one attached hydrogen (secondary N) is 1. The first-order valence-electron chi connectivity index (χ1n) is 8.38. The largest absolute Gasteiger partial charge is 0.497 e. The predicted octanol–water partition coefficient (Wildman–Crippen LogP) is 3.95. The van der Waals surface area contributed by atoms with E-state index in [2.05, 4.69) is 32.6 Å². The first-order valence-corrected chi connectivity index (χ1v) is 8.38. The molecule has 6 nitrogen and oxygen atoms in total. The summed E-state index contributed by atoms with van der Waals surface area (Å²) in [5.41, 5.74) is 3.31. The standard InChI is InChI=1S/C20H18N4O2/c1-25-16-9-5-8-15(12-16)18-17-19(22-13-23-20(17)26-24-18)21-11-10-14-6-3-2-4-7-14/h2-9,12-13H,10-11H2,1H3,(H,21,22,23). The van der Waals surface area contributed by atoms with Gasteiger partial charge in [0, 0.05) is 12.1 Å². The summed E-state index contributed by atoms with van der Waals surface area (Å²) in [6, 6.07) is 18.0. The Hall–Kier alpha value is -3.41. The van der Waals surface area contributed by atoms with Gasteiger partial charge in [-0.15, -0.1) is 0 Å². The van der Waals surface area contributed by atoms with E-state index < -0.39 is 0 Å². The molecule has 4 rings (SSSR count). The van der Waals surface area contributed by atoms with Crippen molar-refractivity contribution in [3.05, 3.63) is 66.5 Å². The summed E-state index contributed by atoms with van der Waals surface area (Å²) in [6.07, 6.45) is 2.37. The average molecular weight is 346 g/mol. The predicted molar refractivity (Wildman–Crippen MR) is 100 cm³/mol. The highest BCUT2D eigenvalue weighted by Gasteiger charge is 2.17. The van der Waals surface area contributed by atoms with Gasteiger partial charge in [0.05, 0.1) is 7.11 Å². The van der Waals surface area contributed by atoms with Crippen LogP contribution in [-0.2, 0) is 6.42 Å². The Balaban J connectivity index is 1.64. The normalized spacial score (nSPS) is 10.8. The molecule has 2 aromatic heterocycles. The Morgan fingerprint density at radius 2 is 1.92 bits per heavy atom. The van der Waals surface area contributed by atoms with Gasteiger partial charge >= 0.3 is 0 Å². The van der Waals surface area contributed by atoms with Gasteiger partial charge in [-0.1, -0.05) is 47.6 Å². The fraction of sp³-hybridized carbons (Fsp3) is 0.150. The lowest BCUT2D eigenvalue weighted by Crippen LogP contribution is -2.07. The molecule has 0 aliphatic rings. The molecule has 0 radical (unpaired) electrons. The number of hydrogen-bond donors (Lipinski definition) is 1. The topological polar surface area (TPSA) is 73.1 Å². The molecule has 0 saturated heterocycles. The minimum atomic E-state index is 0.458. The fourth-order valence-electron chi connectivity index (χ4n) is 2.86. The van der Waals surface area contributed by atoms with Crippen LogP contribution in [-0.4, -0.2) is 28.8 Å². The van der Waals surface area contributed by atoms with Crippen molar-refractivity contribution in [3.8, 4) is 17.0 Å². The summed E-state index contributed by atoms with van der Waals surface area (Å²) in [4.78, 5) is 8.57. The number of benzene rings is 2. The lowest BCUT2D eigenvalue weighted by atomic mass is 10.1. The molecule has 0 aliphatic heterocycles. The van der Waals surface area contributed by atoms with E-state index in [1.807, 2.05) is 42.5 Å². The molecule has 0 fully saturated rings. The van der Waals surface area contributed by atoms with Gasteiger partial charge in [0.15, 0.2) is 0 Å². The smallest absolute Gasteiger partial charge is 0.263 e. The Morgan fingerprint density at radius 3 is 2.77 bits per heavy atom. The van der Waals surface area contributed by atoms with Crippen molar-refractivity contribution in [1.29, 1.82) is 0 Å². The second-order valence-corrected chi connectivity index (χ2v) is 5.83. The van der Waals surface area contributed by atoms with Gasteiger partial charge in [-0.3, -0.25) is 0 Å². The molecular weight excluding hydrogens is 328 g/mol. The number of hydrogen-bond acceptors (Lipinski definition) is 6. The van der Waals surface area contributed by atoms with Crippen LogP contribution in [0.2, 0.25) is 0 Å². The van der Waals surface area contributed by atoms with Crippen molar-refractivity contribution in [2.75, 3.05) is 19.0 Å². The first kappa shape index (κ1) is 16.1. The molecule has 0 amide bonds.